The van der Waals surface area contributed by atoms with Gasteiger partial charge in [0.1, 0.15) is 17.7 Å². The second-order valence-electron chi connectivity index (χ2n) is 2.24. The molecule has 0 saturated carbocycles. The smallest absolute Gasteiger partial charge is 0.142 e. The molecule has 1 aromatic carbocycles. The van der Waals surface area contributed by atoms with Crippen LogP contribution in [0.5, 0.6) is 0 Å². The maximum Gasteiger partial charge on any atom is 0.142 e. The highest BCUT2D eigenvalue weighted by atomic mass is 19.1. The zero-order chi connectivity index (χ0) is 9.14. The largest absolute Gasteiger partial charge is 0.376 e. The zero-order valence-electron chi connectivity index (χ0n) is 6.09. The lowest BCUT2D eigenvalue weighted by Gasteiger charge is -2.04. The van der Waals surface area contributed by atoms with Crippen molar-refractivity contribution in [2.24, 2.45) is 0 Å². The van der Waals surface area contributed by atoms with Crippen LogP contribution in [-0.2, 0) is 0 Å². The van der Waals surface area contributed by atoms with E-state index in [1.807, 2.05) is 5.92 Å². The highest BCUT2D eigenvalue weighted by Crippen LogP contribution is 2.16. The second-order valence-corrected chi connectivity index (χ2v) is 2.24. The molecular formula is C9H6F2O. The number of aliphatic hydroxyl groups excluding tert-OH is 1. The highest BCUT2D eigenvalue weighted by molar-refractivity contribution is 5.25. The molecule has 62 valence electrons. The number of hydrogen-bond acceptors (Lipinski definition) is 1. The van der Waals surface area contributed by atoms with E-state index in [-0.39, 0.29) is 5.56 Å². The van der Waals surface area contributed by atoms with Gasteiger partial charge in [-0.05, 0) is 12.1 Å². The normalized spacial score (nSPS) is 12.2. The summed E-state index contributed by atoms with van der Waals surface area (Å²) < 4.78 is 25.1. The molecule has 0 aliphatic heterocycles. The molecule has 0 aromatic heterocycles. The molecule has 0 unspecified atom stereocenters. The van der Waals surface area contributed by atoms with Gasteiger partial charge in [-0.25, -0.2) is 8.78 Å². The Morgan fingerprint density at radius 3 is 2.58 bits per heavy atom. The summed E-state index contributed by atoms with van der Waals surface area (Å²) in [6.45, 7) is 0. The first-order valence-corrected chi connectivity index (χ1v) is 3.24. The molecule has 1 nitrogen and oxygen atoms in total. The Morgan fingerprint density at radius 1 is 1.42 bits per heavy atom. The molecule has 0 radical (unpaired) electrons. The lowest BCUT2D eigenvalue weighted by molar-refractivity contribution is 0.232. The third kappa shape index (κ3) is 1.60. The van der Waals surface area contributed by atoms with Crippen molar-refractivity contribution in [3.05, 3.63) is 35.4 Å². The lowest BCUT2D eigenvalue weighted by atomic mass is 10.1. The minimum atomic E-state index is -1.31. The Morgan fingerprint density at radius 2 is 2.08 bits per heavy atom. The third-order valence-corrected chi connectivity index (χ3v) is 1.41. The van der Waals surface area contributed by atoms with Crippen LogP contribution < -0.4 is 0 Å². The summed E-state index contributed by atoms with van der Waals surface area (Å²) in [5.74, 6) is 0.408. The second kappa shape index (κ2) is 3.33. The lowest BCUT2D eigenvalue weighted by Crippen LogP contribution is -1.97. The quantitative estimate of drug-likeness (QED) is 0.632. The van der Waals surface area contributed by atoms with Crippen LogP contribution in [0.4, 0.5) is 8.78 Å². The number of aliphatic hydroxyl groups is 1. The van der Waals surface area contributed by atoms with Crippen LogP contribution in [0.1, 0.15) is 11.7 Å². The van der Waals surface area contributed by atoms with Crippen molar-refractivity contribution < 1.29 is 13.9 Å². The van der Waals surface area contributed by atoms with Crippen LogP contribution in [-0.4, -0.2) is 5.11 Å². The average molecular weight is 168 g/mol. The molecule has 0 saturated heterocycles. The highest BCUT2D eigenvalue weighted by Gasteiger charge is 2.09. The fourth-order valence-corrected chi connectivity index (χ4v) is 0.813. The molecule has 0 fully saturated rings. The van der Waals surface area contributed by atoms with Crippen LogP contribution in [0.3, 0.4) is 0 Å². The summed E-state index contributed by atoms with van der Waals surface area (Å²) in [6.07, 6.45) is 3.54. The predicted octanol–water partition coefficient (Wildman–Crippen LogP) is 1.63. The standard InChI is InChI=1S/C9H6F2O/c1-2-9(12)7-4-3-6(10)5-8(7)11/h1,3-5,9,12H/t9-/m0/s1. The molecule has 0 spiro atoms. The predicted molar refractivity (Wildman–Crippen MR) is 40.2 cm³/mol. The van der Waals surface area contributed by atoms with Gasteiger partial charge in [-0.3, -0.25) is 0 Å². The minimum Gasteiger partial charge on any atom is -0.376 e. The van der Waals surface area contributed by atoms with E-state index < -0.39 is 17.7 Å². The van der Waals surface area contributed by atoms with Crippen LogP contribution in [0, 0.1) is 24.0 Å². The van der Waals surface area contributed by atoms with Gasteiger partial charge in [-0.1, -0.05) is 5.92 Å². The number of halogens is 2. The van der Waals surface area contributed by atoms with Gasteiger partial charge < -0.3 is 5.11 Å². The molecule has 0 bridgehead atoms. The number of hydrogen-bond donors (Lipinski definition) is 1. The Hall–Kier alpha value is -1.40. The molecule has 0 aliphatic rings. The van der Waals surface area contributed by atoms with Crippen molar-refractivity contribution in [2.45, 2.75) is 6.10 Å². The van der Waals surface area contributed by atoms with Gasteiger partial charge >= 0.3 is 0 Å². The fourth-order valence-electron chi connectivity index (χ4n) is 0.813. The topological polar surface area (TPSA) is 20.2 Å². The first-order valence-electron chi connectivity index (χ1n) is 3.24. The Bertz CT molecular complexity index is 328. The van der Waals surface area contributed by atoms with Crippen molar-refractivity contribution in [3.63, 3.8) is 0 Å². The fraction of sp³-hybridized carbons (Fsp3) is 0.111. The molecule has 1 N–H and O–H groups in total. The van der Waals surface area contributed by atoms with Crippen molar-refractivity contribution in [2.75, 3.05) is 0 Å². The van der Waals surface area contributed by atoms with E-state index >= 15 is 0 Å². The van der Waals surface area contributed by atoms with E-state index in [0.29, 0.717) is 6.07 Å². The summed E-state index contributed by atoms with van der Waals surface area (Å²) in [5.41, 5.74) is -0.0844. The van der Waals surface area contributed by atoms with Gasteiger partial charge in [0.05, 0.1) is 0 Å². The molecular weight excluding hydrogens is 162 g/mol. The molecule has 3 heteroatoms. The SMILES string of the molecule is C#C[C@H](O)c1ccc(F)cc1F. The Balaban J connectivity index is 3.11. The Labute approximate surface area is 68.7 Å². The van der Waals surface area contributed by atoms with E-state index in [2.05, 4.69) is 0 Å². The molecule has 12 heavy (non-hydrogen) atoms. The molecule has 0 heterocycles. The average Bonchev–Trinajstić information content (AvgIpc) is 2.03. The molecule has 0 amide bonds. The van der Waals surface area contributed by atoms with Gasteiger partial charge in [-0.15, -0.1) is 6.42 Å². The minimum absolute atomic E-state index is 0.0844. The summed E-state index contributed by atoms with van der Waals surface area (Å²) in [7, 11) is 0. The van der Waals surface area contributed by atoms with Crippen molar-refractivity contribution >= 4 is 0 Å². The summed E-state index contributed by atoms with van der Waals surface area (Å²) in [6, 6.07) is 2.84. The third-order valence-electron chi connectivity index (χ3n) is 1.41. The number of terminal acetylenes is 1. The van der Waals surface area contributed by atoms with Crippen molar-refractivity contribution in [3.8, 4) is 12.3 Å². The first kappa shape index (κ1) is 8.69. The number of rotatable bonds is 1. The van der Waals surface area contributed by atoms with Crippen LogP contribution >= 0.6 is 0 Å². The van der Waals surface area contributed by atoms with Crippen LogP contribution in [0.25, 0.3) is 0 Å². The van der Waals surface area contributed by atoms with Gasteiger partial charge in [0.15, 0.2) is 0 Å². The molecule has 1 aromatic rings. The van der Waals surface area contributed by atoms with E-state index in [9.17, 15) is 8.78 Å². The van der Waals surface area contributed by atoms with E-state index in [1.165, 1.54) is 0 Å². The summed E-state index contributed by atoms with van der Waals surface area (Å²) in [4.78, 5) is 0. The van der Waals surface area contributed by atoms with Crippen molar-refractivity contribution in [1.82, 2.24) is 0 Å². The summed E-state index contributed by atoms with van der Waals surface area (Å²) in [5, 5.41) is 9.00. The summed E-state index contributed by atoms with van der Waals surface area (Å²) >= 11 is 0. The van der Waals surface area contributed by atoms with E-state index in [1.54, 1.807) is 0 Å². The maximum absolute atomic E-state index is 12.8. The number of benzene rings is 1. The van der Waals surface area contributed by atoms with Crippen LogP contribution in [0.15, 0.2) is 18.2 Å². The van der Waals surface area contributed by atoms with Gasteiger partial charge in [0.2, 0.25) is 0 Å². The van der Waals surface area contributed by atoms with E-state index in [4.69, 9.17) is 11.5 Å². The Kier molecular flexibility index (Phi) is 2.41. The molecule has 1 atom stereocenters. The van der Waals surface area contributed by atoms with Gasteiger partial charge in [0.25, 0.3) is 0 Å². The zero-order valence-corrected chi connectivity index (χ0v) is 6.09. The molecule has 0 aliphatic carbocycles. The van der Waals surface area contributed by atoms with Crippen LogP contribution in [0.2, 0.25) is 0 Å². The first-order chi connectivity index (χ1) is 5.65. The maximum atomic E-state index is 12.8. The van der Waals surface area contributed by atoms with Crippen molar-refractivity contribution in [1.29, 1.82) is 0 Å². The van der Waals surface area contributed by atoms with E-state index in [0.717, 1.165) is 12.1 Å². The van der Waals surface area contributed by atoms with Gasteiger partial charge in [-0.2, -0.15) is 0 Å². The monoisotopic (exact) mass is 168 g/mol. The van der Waals surface area contributed by atoms with Gasteiger partial charge in [0, 0.05) is 11.6 Å². The molecule has 1 rings (SSSR count).